The molecular formula is C27H42F3N3O2. The number of amides is 2. The van der Waals surface area contributed by atoms with Crippen molar-refractivity contribution >= 4 is 11.8 Å². The SMILES string of the molecule is C/C=C/C1CC2C(CN1)CC(C1CC(NC(=O)C3CCCC(C(F)(F)F)C3)CCC1C)C(=O)N2C. The maximum Gasteiger partial charge on any atom is 0.391 e. The molecule has 0 radical (unpaired) electrons. The monoisotopic (exact) mass is 497 g/mol. The van der Waals surface area contributed by atoms with Crippen LogP contribution in [0.15, 0.2) is 12.2 Å². The lowest BCUT2D eigenvalue weighted by Crippen LogP contribution is -2.60. The highest BCUT2D eigenvalue weighted by molar-refractivity contribution is 5.81. The third kappa shape index (κ3) is 5.89. The van der Waals surface area contributed by atoms with Crippen molar-refractivity contribution in [2.24, 2.45) is 35.5 Å². The van der Waals surface area contributed by atoms with E-state index in [1.807, 2.05) is 18.9 Å². The summed E-state index contributed by atoms with van der Waals surface area (Å²) in [5.41, 5.74) is 0. The molecule has 2 saturated heterocycles. The molecule has 2 amide bonds. The van der Waals surface area contributed by atoms with Crippen LogP contribution in [0.3, 0.4) is 0 Å². The minimum Gasteiger partial charge on any atom is -0.353 e. The van der Waals surface area contributed by atoms with Crippen LogP contribution < -0.4 is 10.6 Å². The third-order valence-corrected chi connectivity index (χ3v) is 9.45. The van der Waals surface area contributed by atoms with Crippen LogP contribution in [0.5, 0.6) is 0 Å². The summed E-state index contributed by atoms with van der Waals surface area (Å²) in [4.78, 5) is 28.4. The molecule has 0 aromatic rings. The van der Waals surface area contributed by atoms with Gasteiger partial charge >= 0.3 is 6.18 Å². The molecular weight excluding hydrogens is 455 g/mol. The summed E-state index contributed by atoms with van der Waals surface area (Å²) in [7, 11) is 1.94. The van der Waals surface area contributed by atoms with Gasteiger partial charge in [-0.1, -0.05) is 25.5 Å². The molecule has 2 N–H and O–H groups in total. The lowest BCUT2D eigenvalue weighted by atomic mass is 9.65. The largest absolute Gasteiger partial charge is 0.391 e. The third-order valence-electron chi connectivity index (χ3n) is 9.45. The van der Waals surface area contributed by atoms with Gasteiger partial charge in [0.2, 0.25) is 11.8 Å². The summed E-state index contributed by atoms with van der Waals surface area (Å²) < 4.78 is 39.6. The molecule has 198 valence electrons. The molecule has 0 bridgehead atoms. The van der Waals surface area contributed by atoms with Crippen LogP contribution in [0.4, 0.5) is 13.2 Å². The van der Waals surface area contributed by atoms with E-state index in [0.29, 0.717) is 30.7 Å². The number of alkyl halides is 3. The Kier molecular flexibility index (Phi) is 8.18. The maximum absolute atomic E-state index is 13.5. The number of nitrogens with one attached hydrogen (secondary N) is 2. The van der Waals surface area contributed by atoms with Gasteiger partial charge in [-0.25, -0.2) is 0 Å². The van der Waals surface area contributed by atoms with E-state index in [4.69, 9.17) is 0 Å². The molecule has 9 atom stereocenters. The fraction of sp³-hybridized carbons (Fsp3) is 0.852. The predicted octanol–water partition coefficient (Wildman–Crippen LogP) is 4.68. The summed E-state index contributed by atoms with van der Waals surface area (Å²) in [5, 5.41) is 6.71. The number of halogens is 3. The minimum absolute atomic E-state index is 0.0553. The molecule has 8 heteroatoms. The van der Waals surface area contributed by atoms with Crippen LogP contribution in [-0.4, -0.2) is 54.6 Å². The van der Waals surface area contributed by atoms with Crippen molar-refractivity contribution in [3.63, 3.8) is 0 Å². The zero-order chi connectivity index (χ0) is 25.3. The molecule has 0 aromatic carbocycles. The highest BCUT2D eigenvalue weighted by atomic mass is 19.4. The number of carbonyl (C=O) groups excluding carboxylic acids is 2. The lowest BCUT2D eigenvalue weighted by molar-refractivity contribution is -0.186. The fourth-order valence-electron chi connectivity index (χ4n) is 7.37. The summed E-state index contributed by atoms with van der Waals surface area (Å²) in [5.74, 6) is -0.993. The lowest BCUT2D eigenvalue weighted by Gasteiger charge is -2.50. The molecule has 2 saturated carbocycles. The first-order valence-electron chi connectivity index (χ1n) is 13.6. The maximum atomic E-state index is 13.5. The Hall–Kier alpha value is -1.57. The van der Waals surface area contributed by atoms with Crippen LogP contribution in [0.2, 0.25) is 0 Å². The van der Waals surface area contributed by atoms with E-state index in [9.17, 15) is 22.8 Å². The second-order valence-corrected chi connectivity index (χ2v) is 11.7. The molecule has 9 unspecified atom stereocenters. The second kappa shape index (κ2) is 10.8. The summed E-state index contributed by atoms with van der Waals surface area (Å²) in [6, 6.07) is 0.496. The smallest absolute Gasteiger partial charge is 0.353 e. The minimum atomic E-state index is -4.23. The van der Waals surface area contributed by atoms with E-state index in [1.54, 1.807) is 0 Å². The van der Waals surface area contributed by atoms with Crippen LogP contribution >= 0.6 is 0 Å². The number of fused-ring (bicyclic) bond motifs is 1. The Morgan fingerprint density at radius 1 is 1.11 bits per heavy atom. The average molecular weight is 498 g/mol. The number of piperidine rings is 2. The first kappa shape index (κ1) is 26.5. The first-order chi connectivity index (χ1) is 16.6. The topological polar surface area (TPSA) is 61.4 Å². The molecule has 4 rings (SSSR count). The molecule has 2 aliphatic heterocycles. The van der Waals surface area contributed by atoms with Crippen LogP contribution in [0.1, 0.15) is 71.6 Å². The van der Waals surface area contributed by atoms with Gasteiger partial charge in [0, 0.05) is 43.6 Å². The van der Waals surface area contributed by atoms with Gasteiger partial charge in [-0.05, 0) is 76.0 Å². The molecule has 2 aliphatic carbocycles. The highest BCUT2D eigenvalue weighted by Gasteiger charge is 2.48. The fourth-order valence-corrected chi connectivity index (χ4v) is 7.37. The number of nitrogens with zero attached hydrogens (tertiary/aromatic N) is 1. The number of likely N-dealkylation sites (tertiary alicyclic amines) is 1. The van der Waals surface area contributed by atoms with E-state index in [-0.39, 0.29) is 48.6 Å². The van der Waals surface area contributed by atoms with Crippen LogP contribution in [0.25, 0.3) is 0 Å². The van der Waals surface area contributed by atoms with E-state index >= 15 is 0 Å². The van der Waals surface area contributed by atoms with Gasteiger partial charge in [0.25, 0.3) is 0 Å². The normalized spacial score (nSPS) is 41.0. The molecule has 4 aliphatic rings. The van der Waals surface area contributed by atoms with Gasteiger partial charge in [-0.3, -0.25) is 9.59 Å². The van der Waals surface area contributed by atoms with Crippen LogP contribution in [0, 0.1) is 35.5 Å². The van der Waals surface area contributed by atoms with Crippen LogP contribution in [-0.2, 0) is 9.59 Å². The molecule has 2 heterocycles. The van der Waals surface area contributed by atoms with Gasteiger partial charge in [-0.15, -0.1) is 0 Å². The Labute approximate surface area is 207 Å². The van der Waals surface area contributed by atoms with Crippen molar-refractivity contribution in [2.45, 2.75) is 95.9 Å². The van der Waals surface area contributed by atoms with Crippen molar-refractivity contribution < 1.29 is 22.8 Å². The zero-order valence-corrected chi connectivity index (χ0v) is 21.3. The summed E-state index contributed by atoms with van der Waals surface area (Å²) in [6.07, 6.45) is 5.29. The number of carbonyl (C=O) groups is 2. The van der Waals surface area contributed by atoms with Crippen molar-refractivity contribution in [1.82, 2.24) is 15.5 Å². The molecule has 5 nitrogen and oxygen atoms in total. The molecule has 0 spiro atoms. The van der Waals surface area contributed by atoms with Gasteiger partial charge in [0.1, 0.15) is 0 Å². The Morgan fingerprint density at radius 3 is 2.60 bits per heavy atom. The summed E-state index contributed by atoms with van der Waals surface area (Å²) in [6.45, 7) is 5.12. The van der Waals surface area contributed by atoms with Gasteiger partial charge in [0.05, 0.1) is 5.92 Å². The Bertz CT molecular complexity index is 801. The van der Waals surface area contributed by atoms with E-state index in [1.165, 1.54) is 0 Å². The van der Waals surface area contributed by atoms with Gasteiger partial charge in [0.15, 0.2) is 0 Å². The zero-order valence-electron chi connectivity index (χ0n) is 21.3. The Balaban J connectivity index is 1.37. The summed E-state index contributed by atoms with van der Waals surface area (Å²) >= 11 is 0. The standard InChI is InChI=1S/C27H42F3N3O2/c1-4-6-20-14-24-18(15-31-20)12-23(26(35)33(24)3)22-13-21(10-9-16(22)2)32-25(34)17-7-5-8-19(11-17)27(28,29)30/h4,6,16-24,31H,5,7-15H2,1-3H3,(H,32,34)/b6-4+. The molecule has 4 fully saturated rings. The second-order valence-electron chi connectivity index (χ2n) is 11.7. The number of allylic oxidation sites excluding steroid dienone is 1. The van der Waals surface area contributed by atoms with Crippen molar-refractivity contribution in [3.05, 3.63) is 12.2 Å². The number of rotatable bonds is 4. The van der Waals surface area contributed by atoms with Crippen molar-refractivity contribution in [3.8, 4) is 0 Å². The predicted molar refractivity (Wildman–Crippen MR) is 129 cm³/mol. The molecule has 0 aromatic heterocycles. The van der Waals surface area contributed by atoms with Gasteiger partial charge < -0.3 is 15.5 Å². The van der Waals surface area contributed by atoms with E-state index < -0.39 is 18.0 Å². The van der Waals surface area contributed by atoms with E-state index in [0.717, 1.165) is 38.6 Å². The first-order valence-corrected chi connectivity index (χ1v) is 13.6. The average Bonchev–Trinajstić information content (AvgIpc) is 2.83. The number of hydrogen-bond acceptors (Lipinski definition) is 3. The van der Waals surface area contributed by atoms with E-state index in [2.05, 4.69) is 29.7 Å². The quantitative estimate of drug-likeness (QED) is 0.555. The molecule has 35 heavy (non-hydrogen) atoms. The van der Waals surface area contributed by atoms with Crippen molar-refractivity contribution in [2.75, 3.05) is 13.6 Å². The highest BCUT2D eigenvalue weighted by Crippen LogP contribution is 2.44. The van der Waals surface area contributed by atoms with Gasteiger partial charge in [-0.2, -0.15) is 13.2 Å². The Morgan fingerprint density at radius 2 is 1.89 bits per heavy atom. The number of hydrogen-bond donors (Lipinski definition) is 2. The van der Waals surface area contributed by atoms with Crippen molar-refractivity contribution in [1.29, 1.82) is 0 Å².